The van der Waals surface area contributed by atoms with Crippen molar-refractivity contribution in [2.45, 2.75) is 57.5 Å². The third kappa shape index (κ3) is 5.15. The van der Waals surface area contributed by atoms with Crippen LogP contribution in [0.4, 0.5) is 0 Å². The van der Waals surface area contributed by atoms with Crippen LogP contribution in [0, 0.1) is 6.92 Å². The first-order valence-corrected chi connectivity index (χ1v) is 9.02. The minimum atomic E-state index is -0.226. The predicted octanol–water partition coefficient (Wildman–Crippen LogP) is 2.17. The molecule has 2 heterocycles. The lowest BCUT2D eigenvalue weighted by Crippen LogP contribution is -2.45. The molecule has 1 saturated carbocycles. The van der Waals surface area contributed by atoms with E-state index in [1.54, 1.807) is 25.4 Å². The number of nitrogens with zero attached hydrogens (tertiary/aromatic N) is 2. The molecule has 0 radical (unpaired) electrons. The summed E-state index contributed by atoms with van der Waals surface area (Å²) in [6.45, 7) is 1.75. The normalized spacial score (nSPS) is 19.7. The molecule has 2 amide bonds. The summed E-state index contributed by atoms with van der Waals surface area (Å²) in [5.74, 6) is 0.422. The van der Waals surface area contributed by atoms with Gasteiger partial charge in [0.05, 0.1) is 0 Å². The fourth-order valence-corrected chi connectivity index (χ4v) is 3.29. The lowest BCUT2D eigenvalue weighted by molar-refractivity contribution is -0.122. The maximum atomic E-state index is 12.2. The number of hydrogen-bond acceptors (Lipinski definition) is 5. The molecule has 7 nitrogen and oxygen atoms in total. The summed E-state index contributed by atoms with van der Waals surface area (Å²) in [5.41, 5.74) is 1.35. The molecule has 7 heteroatoms. The van der Waals surface area contributed by atoms with E-state index in [4.69, 9.17) is 4.52 Å². The molecular weight excluding hydrogens is 332 g/mol. The van der Waals surface area contributed by atoms with Gasteiger partial charge in [-0.3, -0.25) is 14.6 Å². The molecule has 1 aliphatic carbocycles. The minimum absolute atomic E-state index is 0.0388. The smallest absolute Gasteiger partial charge is 0.273 e. The molecule has 0 saturated heterocycles. The van der Waals surface area contributed by atoms with E-state index < -0.39 is 0 Å². The van der Waals surface area contributed by atoms with Crippen molar-refractivity contribution >= 4 is 11.8 Å². The van der Waals surface area contributed by atoms with Gasteiger partial charge in [-0.2, -0.15) is 0 Å². The molecule has 3 rings (SSSR count). The molecule has 0 spiro atoms. The fourth-order valence-electron chi connectivity index (χ4n) is 3.29. The average Bonchev–Trinajstić information content (AvgIpc) is 3.08. The summed E-state index contributed by atoms with van der Waals surface area (Å²) >= 11 is 0. The van der Waals surface area contributed by atoms with Crippen LogP contribution in [0.3, 0.4) is 0 Å². The number of carbonyl (C=O) groups excluding carboxylic acids is 2. The molecule has 0 aromatic carbocycles. The Hall–Kier alpha value is -2.70. The molecule has 0 aliphatic heterocycles. The van der Waals surface area contributed by atoms with Gasteiger partial charge in [0.15, 0.2) is 5.69 Å². The monoisotopic (exact) mass is 356 g/mol. The molecule has 2 atom stereocenters. The molecule has 2 aromatic rings. The molecule has 0 bridgehead atoms. The number of hydrogen-bond donors (Lipinski definition) is 2. The second-order valence-corrected chi connectivity index (χ2v) is 6.79. The maximum absolute atomic E-state index is 12.2. The van der Waals surface area contributed by atoms with Crippen molar-refractivity contribution in [2.75, 3.05) is 0 Å². The molecule has 26 heavy (non-hydrogen) atoms. The van der Waals surface area contributed by atoms with Gasteiger partial charge in [0.2, 0.25) is 5.91 Å². The zero-order valence-corrected chi connectivity index (χ0v) is 14.9. The maximum Gasteiger partial charge on any atom is 0.273 e. The predicted molar refractivity (Wildman–Crippen MR) is 95.5 cm³/mol. The SMILES string of the molecule is Cc1cc(C(=O)NC2CCCC(NC(=O)CCc3cccnc3)C2)no1. The largest absolute Gasteiger partial charge is 0.361 e. The number of carbonyl (C=O) groups is 2. The standard InChI is InChI=1S/C19H24N4O3/c1-13-10-17(23-26-13)19(25)22-16-6-2-5-15(11-16)21-18(24)8-7-14-4-3-9-20-12-14/h3-4,9-10,12,15-16H,2,5-8,11H2,1H3,(H,21,24)(H,22,25). The summed E-state index contributed by atoms with van der Waals surface area (Å²) < 4.78 is 4.94. The van der Waals surface area contributed by atoms with E-state index in [1.165, 1.54) is 0 Å². The number of amides is 2. The van der Waals surface area contributed by atoms with Crippen molar-refractivity contribution in [2.24, 2.45) is 0 Å². The van der Waals surface area contributed by atoms with Crippen LogP contribution in [0.5, 0.6) is 0 Å². The molecule has 1 aliphatic rings. The van der Waals surface area contributed by atoms with Gasteiger partial charge in [-0.1, -0.05) is 11.2 Å². The summed E-state index contributed by atoms with van der Waals surface area (Å²) in [5, 5.41) is 9.82. The van der Waals surface area contributed by atoms with Crippen LogP contribution in [0.2, 0.25) is 0 Å². The van der Waals surface area contributed by atoms with Crippen molar-refractivity contribution in [1.82, 2.24) is 20.8 Å². The van der Waals surface area contributed by atoms with Crippen molar-refractivity contribution in [1.29, 1.82) is 0 Å². The molecule has 2 aromatic heterocycles. The van der Waals surface area contributed by atoms with Crippen molar-refractivity contribution in [3.8, 4) is 0 Å². The Morgan fingerprint density at radius 3 is 2.77 bits per heavy atom. The van der Waals surface area contributed by atoms with E-state index in [-0.39, 0.29) is 23.9 Å². The number of nitrogens with one attached hydrogen (secondary N) is 2. The van der Waals surface area contributed by atoms with Crippen LogP contribution >= 0.6 is 0 Å². The van der Waals surface area contributed by atoms with Crippen LogP contribution in [0.1, 0.15) is 53.9 Å². The number of pyridine rings is 1. The average molecular weight is 356 g/mol. The first-order valence-electron chi connectivity index (χ1n) is 9.02. The van der Waals surface area contributed by atoms with E-state index >= 15 is 0 Å². The zero-order valence-electron chi connectivity index (χ0n) is 14.9. The van der Waals surface area contributed by atoms with E-state index in [2.05, 4.69) is 20.8 Å². The fraction of sp³-hybridized carbons (Fsp3) is 0.474. The van der Waals surface area contributed by atoms with Crippen LogP contribution in [0.15, 0.2) is 35.1 Å². The van der Waals surface area contributed by atoms with E-state index in [9.17, 15) is 9.59 Å². The summed E-state index contributed by atoms with van der Waals surface area (Å²) in [7, 11) is 0. The van der Waals surface area contributed by atoms with Crippen LogP contribution in [0.25, 0.3) is 0 Å². The minimum Gasteiger partial charge on any atom is -0.361 e. The number of aromatic nitrogens is 2. The summed E-state index contributed by atoms with van der Waals surface area (Å²) in [6, 6.07) is 5.60. The highest BCUT2D eigenvalue weighted by Gasteiger charge is 2.25. The molecule has 2 N–H and O–H groups in total. The van der Waals surface area contributed by atoms with Crippen molar-refractivity contribution < 1.29 is 14.1 Å². The van der Waals surface area contributed by atoms with E-state index in [0.29, 0.717) is 24.3 Å². The first-order chi connectivity index (χ1) is 12.6. The van der Waals surface area contributed by atoms with Crippen LogP contribution in [-0.4, -0.2) is 34.0 Å². The van der Waals surface area contributed by atoms with Gasteiger partial charge in [-0.05, 0) is 50.7 Å². The van der Waals surface area contributed by atoms with Crippen LogP contribution < -0.4 is 10.6 Å². The van der Waals surface area contributed by atoms with Gasteiger partial charge in [-0.15, -0.1) is 0 Å². The Morgan fingerprint density at radius 1 is 1.27 bits per heavy atom. The Morgan fingerprint density at radius 2 is 2.08 bits per heavy atom. The van der Waals surface area contributed by atoms with Gasteiger partial charge < -0.3 is 15.2 Å². The Labute approximate surface area is 152 Å². The molecule has 1 fully saturated rings. The third-order valence-corrected chi connectivity index (χ3v) is 4.60. The van der Waals surface area contributed by atoms with E-state index in [0.717, 1.165) is 31.2 Å². The van der Waals surface area contributed by atoms with Crippen molar-refractivity contribution in [3.63, 3.8) is 0 Å². The van der Waals surface area contributed by atoms with Gasteiger partial charge in [0.1, 0.15) is 5.76 Å². The van der Waals surface area contributed by atoms with Crippen molar-refractivity contribution in [3.05, 3.63) is 47.6 Å². The Balaban J connectivity index is 1.44. The highest BCUT2D eigenvalue weighted by Crippen LogP contribution is 2.19. The number of rotatable bonds is 6. The Kier molecular flexibility index (Phi) is 5.99. The highest BCUT2D eigenvalue weighted by atomic mass is 16.5. The molecule has 138 valence electrons. The summed E-state index contributed by atoms with van der Waals surface area (Å²) in [6.07, 6.45) is 8.18. The third-order valence-electron chi connectivity index (χ3n) is 4.60. The van der Waals surface area contributed by atoms with E-state index in [1.807, 2.05) is 12.1 Å². The lowest BCUT2D eigenvalue weighted by Gasteiger charge is -2.30. The lowest BCUT2D eigenvalue weighted by atomic mass is 9.90. The zero-order chi connectivity index (χ0) is 18.4. The second-order valence-electron chi connectivity index (χ2n) is 6.79. The van der Waals surface area contributed by atoms with Gasteiger partial charge in [-0.25, -0.2) is 0 Å². The molecular formula is C19H24N4O3. The Bertz CT molecular complexity index is 744. The van der Waals surface area contributed by atoms with Gasteiger partial charge in [0, 0.05) is 37.0 Å². The summed E-state index contributed by atoms with van der Waals surface area (Å²) in [4.78, 5) is 28.4. The quantitative estimate of drug-likeness (QED) is 0.827. The second kappa shape index (κ2) is 8.60. The topological polar surface area (TPSA) is 97.1 Å². The number of aryl methyl sites for hydroxylation is 2. The van der Waals surface area contributed by atoms with Gasteiger partial charge >= 0.3 is 0 Å². The highest BCUT2D eigenvalue weighted by molar-refractivity contribution is 5.92. The first kappa shape index (κ1) is 18.1. The molecule has 2 unspecified atom stereocenters. The van der Waals surface area contributed by atoms with Crippen LogP contribution in [-0.2, 0) is 11.2 Å². The van der Waals surface area contributed by atoms with Gasteiger partial charge in [0.25, 0.3) is 5.91 Å².